The average Bonchev–Trinajstić information content (AvgIpc) is 3.84. The van der Waals surface area contributed by atoms with Gasteiger partial charge in [-0.05, 0) is 52.9 Å². The van der Waals surface area contributed by atoms with Gasteiger partial charge in [-0.15, -0.1) is 0 Å². The molecule has 7 rings (SSSR count). The fraction of sp³-hybridized carbons (Fsp3) is 0.122. The topological polar surface area (TPSA) is 116 Å². The Morgan fingerprint density at radius 2 is 1.45 bits per heavy atom. The molecule has 0 saturated carbocycles. The fourth-order valence-corrected chi connectivity index (χ4v) is 7.58. The van der Waals surface area contributed by atoms with Crippen molar-refractivity contribution in [3.63, 3.8) is 0 Å². The standard InChI is InChI=1S/C41H32F4N3O6P/c42-34-16-15-31(21-33(34)41-46-23-30(47-41)20-29-13-7-12-28(38(29)44)14-17-37(49)50)54-40-35(43)22-36-32(39(40)45)18-19-48(36)55(51,52-24-26-8-3-1-4-9-26)53-25-27-10-5-2-6-11-27/h1-13,15-16,18-19,21-23H,14,17,20,24-25H2,(H,46,47)(H,49,50). The van der Waals surface area contributed by atoms with Crippen molar-refractivity contribution >= 4 is 24.6 Å². The van der Waals surface area contributed by atoms with Crippen LogP contribution in [0.15, 0.2) is 122 Å². The van der Waals surface area contributed by atoms with E-state index in [9.17, 15) is 9.36 Å². The van der Waals surface area contributed by atoms with E-state index in [1.807, 2.05) is 12.1 Å². The van der Waals surface area contributed by atoms with Crippen LogP contribution in [0.2, 0.25) is 0 Å². The fourth-order valence-electron chi connectivity index (χ4n) is 5.97. The number of benzene rings is 5. The van der Waals surface area contributed by atoms with Crippen LogP contribution in [-0.4, -0.2) is 25.4 Å². The van der Waals surface area contributed by atoms with Gasteiger partial charge >= 0.3 is 13.7 Å². The average molecular weight is 770 g/mol. The number of ether oxygens (including phenoxy) is 1. The number of halogens is 4. The number of rotatable bonds is 15. The second kappa shape index (κ2) is 16.2. The maximum Gasteiger partial charge on any atom is 0.439 e. The summed E-state index contributed by atoms with van der Waals surface area (Å²) in [5, 5.41) is 8.83. The molecule has 0 spiro atoms. The molecule has 0 aliphatic heterocycles. The van der Waals surface area contributed by atoms with Crippen LogP contribution in [0, 0.1) is 23.3 Å². The summed E-state index contributed by atoms with van der Waals surface area (Å²) in [4.78, 5) is 18.1. The van der Waals surface area contributed by atoms with E-state index in [1.54, 1.807) is 60.7 Å². The molecule has 0 bridgehead atoms. The molecule has 7 aromatic rings. The lowest BCUT2D eigenvalue weighted by Gasteiger charge is -2.21. The Labute approximate surface area is 312 Å². The Morgan fingerprint density at radius 1 is 0.782 bits per heavy atom. The van der Waals surface area contributed by atoms with Gasteiger partial charge < -0.3 is 14.8 Å². The number of carbonyl (C=O) groups is 1. The van der Waals surface area contributed by atoms with E-state index in [-0.39, 0.29) is 71.6 Å². The van der Waals surface area contributed by atoms with E-state index >= 15 is 17.6 Å². The number of carboxylic acids is 1. The highest BCUT2D eigenvalue weighted by Gasteiger charge is 2.32. The Bertz CT molecular complexity index is 2480. The van der Waals surface area contributed by atoms with Crippen molar-refractivity contribution < 1.29 is 45.8 Å². The first kappa shape index (κ1) is 37.3. The summed E-state index contributed by atoms with van der Waals surface area (Å²) in [5.74, 6) is -5.40. The molecule has 0 unspecified atom stereocenters. The third-order valence-electron chi connectivity index (χ3n) is 8.75. The number of imidazole rings is 1. The number of nitrogens with one attached hydrogen (secondary N) is 1. The summed E-state index contributed by atoms with van der Waals surface area (Å²) in [6.07, 6.45) is 2.53. The van der Waals surface area contributed by atoms with Crippen LogP contribution in [-0.2, 0) is 44.5 Å². The van der Waals surface area contributed by atoms with Crippen molar-refractivity contribution in [3.05, 3.63) is 173 Å². The van der Waals surface area contributed by atoms with Gasteiger partial charge in [0.25, 0.3) is 0 Å². The minimum atomic E-state index is -4.25. The summed E-state index contributed by atoms with van der Waals surface area (Å²) >= 11 is 0. The van der Waals surface area contributed by atoms with Gasteiger partial charge in [-0.3, -0.25) is 18.2 Å². The van der Waals surface area contributed by atoms with Crippen molar-refractivity contribution in [1.82, 2.24) is 14.3 Å². The van der Waals surface area contributed by atoms with Gasteiger partial charge in [-0.25, -0.2) is 27.1 Å². The first-order valence-electron chi connectivity index (χ1n) is 17.0. The second-order valence-corrected chi connectivity index (χ2v) is 14.4. The maximum atomic E-state index is 16.1. The van der Waals surface area contributed by atoms with Gasteiger partial charge in [0.05, 0.1) is 24.3 Å². The minimum Gasteiger partial charge on any atom is -0.481 e. The molecule has 2 heterocycles. The number of aliphatic carboxylic acids is 1. The van der Waals surface area contributed by atoms with Crippen molar-refractivity contribution in [1.29, 1.82) is 0 Å². The van der Waals surface area contributed by atoms with Crippen LogP contribution in [0.3, 0.4) is 0 Å². The van der Waals surface area contributed by atoms with Crippen molar-refractivity contribution in [2.24, 2.45) is 0 Å². The number of fused-ring (bicyclic) bond motifs is 1. The number of aryl methyl sites for hydroxylation is 1. The molecule has 0 amide bonds. The molecule has 0 radical (unpaired) electrons. The Hall–Kier alpha value is -6.01. The lowest BCUT2D eigenvalue weighted by Crippen LogP contribution is -2.05. The highest BCUT2D eigenvalue weighted by Crippen LogP contribution is 2.54. The number of aromatic amines is 1. The van der Waals surface area contributed by atoms with E-state index < -0.39 is 42.7 Å². The minimum absolute atomic E-state index is 0.0222. The molecule has 0 aliphatic carbocycles. The molecule has 0 saturated heterocycles. The lowest BCUT2D eigenvalue weighted by atomic mass is 10.0. The lowest BCUT2D eigenvalue weighted by molar-refractivity contribution is -0.136. The Morgan fingerprint density at radius 3 is 2.13 bits per heavy atom. The predicted octanol–water partition coefficient (Wildman–Crippen LogP) is 10.4. The van der Waals surface area contributed by atoms with Gasteiger partial charge in [0, 0.05) is 42.4 Å². The summed E-state index contributed by atoms with van der Waals surface area (Å²) in [6.45, 7) is -0.219. The smallest absolute Gasteiger partial charge is 0.439 e. The molecule has 14 heteroatoms. The number of hydrogen-bond donors (Lipinski definition) is 2. The molecule has 9 nitrogen and oxygen atoms in total. The van der Waals surface area contributed by atoms with Crippen molar-refractivity contribution in [2.45, 2.75) is 32.5 Å². The third kappa shape index (κ3) is 8.39. The zero-order valence-electron chi connectivity index (χ0n) is 28.9. The number of carboxylic acid groups (broad SMARTS) is 1. The Balaban J connectivity index is 1.14. The highest BCUT2D eigenvalue weighted by molar-refractivity contribution is 7.52. The second-order valence-electron chi connectivity index (χ2n) is 12.5. The predicted molar refractivity (Wildman–Crippen MR) is 197 cm³/mol. The zero-order chi connectivity index (χ0) is 38.5. The molecule has 0 atom stereocenters. The molecular weight excluding hydrogens is 737 g/mol. The Kier molecular flexibility index (Phi) is 11.0. The molecular formula is C41H32F4N3O6P. The summed E-state index contributed by atoms with van der Waals surface area (Å²) in [5.41, 5.74) is 2.18. The quantitative estimate of drug-likeness (QED) is 0.0788. The molecule has 0 fully saturated rings. The first-order chi connectivity index (χ1) is 26.6. The summed E-state index contributed by atoms with van der Waals surface area (Å²) in [6, 6.07) is 28.3. The van der Waals surface area contributed by atoms with Gasteiger partial charge in [-0.1, -0.05) is 78.9 Å². The largest absolute Gasteiger partial charge is 0.481 e. The van der Waals surface area contributed by atoms with Crippen LogP contribution in [0.25, 0.3) is 22.3 Å². The molecule has 2 aromatic heterocycles. The monoisotopic (exact) mass is 769 g/mol. The number of hydrogen-bond acceptors (Lipinski definition) is 6. The van der Waals surface area contributed by atoms with Gasteiger partial charge in [0.2, 0.25) is 0 Å². The molecule has 55 heavy (non-hydrogen) atoms. The number of H-pyrrole nitrogens is 1. The van der Waals surface area contributed by atoms with Crippen LogP contribution in [0.5, 0.6) is 11.5 Å². The van der Waals surface area contributed by atoms with E-state index in [4.69, 9.17) is 18.9 Å². The van der Waals surface area contributed by atoms with Crippen LogP contribution >= 0.6 is 7.75 Å². The van der Waals surface area contributed by atoms with Crippen molar-refractivity contribution in [2.75, 3.05) is 0 Å². The number of nitrogens with zero attached hydrogens (tertiary/aromatic N) is 2. The number of aromatic nitrogens is 3. The SMILES string of the molecule is O=C(O)CCc1cccc(Cc2cnc(-c3cc(Oc4c(F)cc5c(ccn5P(=O)(OCc5ccccc5)OCc5ccccc5)c4F)ccc3F)[nH]2)c1F. The zero-order valence-corrected chi connectivity index (χ0v) is 29.8. The highest BCUT2D eigenvalue weighted by atomic mass is 31.2. The van der Waals surface area contributed by atoms with Gasteiger partial charge in [0.15, 0.2) is 17.4 Å². The van der Waals surface area contributed by atoms with E-state index in [1.165, 1.54) is 36.7 Å². The molecule has 5 aromatic carbocycles. The molecule has 0 aliphatic rings. The summed E-state index contributed by atoms with van der Waals surface area (Å²) in [7, 11) is -4.25. The molecule has 280 valence electrons. The van der Waals surface area contributed by atoms with Crippen molar-refractivity contribution in [3.8, 4) is 22.9 Å². The van der Waals surface area contributed by atoms with Crippen LogP contribution in [0.4, 0.5) is 17.6 Å². The van der Waals surface area contributed by atoms with Crippen LogP contribution < -0.4 is 4.74 Å². The first-order valence-corrected chi connectivity index (χ1v) is 18.5. The summed E-state index contributed by atoms with van der Waals surface area (Å²) < 4.78 is 94.9. The van der Waals surface area contributed by atoms with Gasteiger partial charge in [-0.2, -0.15) is 0 Å². The maximum absolute atomic E-state index is 16.1. The van der Waals surface area contributed by atoms with E-state index in [0.717, 1.165) is 16.5 Å². The third-order valence-corrected chi connectivity index (χ3v) is 10.5. The van der Waals surface area contributed by atoms with E-state index in [0.29, 0.717) is 16.8 Å². The van der Waals surface area contributed by atoms with Gasteiger partial charge in [0.1, 0.15) is 23.2 Å². The normalized spacial score (nSPS) is 11.6. The van der Waals surface area contributed by atoms with Crippen LogP contribution in [0.1, 0.15) is 34.4 Å². The molecule has 2 N–H and O–H groups in total. The van der Waals surface area contributed by atoms with E-state index in [2.05, 4.69) is 9.97 Å².